The molecule has 2 N–H and O–H groups in total. The summed E-state index contributed by atoms with van der Waals surface area (Å²) in [6, 6.07) is 9.87. The molecule has 0 saturated carbocycles. The summed E-state index contributed by atoms with van der Waals surface area (Å²) in [5.41, 5.74) is 0.844. The maximum absolute atomic E-state index is 13.2. The Kier molecular flexibility index (Phi) is 6.10. The summed E-state index contributed by atoms with van der Waals surface area (Å²) < 4.78 is 13.2. The number of rotatable bonds is 8. The average Bonchev–Trinajstić information content (AvgIpc) is 2.96. The van der Waals surface area contributed by atoms with Gasteiger partial charge in [-0.2, -0.15) is 0 Å². The molecule has 0 aliphatic heterocycles. The van der Waals surface area contributed by atoms with Crippen LogP contribution in [-0.2, 0) is 11.3 Å². The van der Waals surface area contributed by atoms with Crippen molar-refractivity contribution in [3.05, 3.63) is 47.1 Å². The molecule has 5 heteroatoms. The van der Waals surface area contributed by atoms with Crippen LogP contribution < -0.4 is 5.32 Å². The third-order valence-electron chi connectivity index (χ3n) is 3.44. The van der Waals surface area contributed by atoms with Crippen LogP contribution in [-0.4, -0.2) is 17.1 Å². The highest BCUT2D eigenvalue weighted by Gasteiger charge is 2.16. The van der Waals surface area contributed by atoms with E-state index in [9.17, 15) is 14.3 Å². The average molecular weight is 321 g/mol. The van der Waals surface area contributed by atoms with Crippen LogP contribution in [0.2, 0.25) is 0 Å². The summed E-state index contributed by atoms with van der Waals surface area (Å²) in [4.78, 5) is 13.2. The maximum atomic E-state index is 13.2. The number of hydrogen-bond acceptors (Lipinski definition) is 3. The van der Waals surface area contributed by atoms with Gasteiger partial charge in [0.1, 0.15) is 11.9 Å². The highest BCUT2D eigenvalue weighted by Crippen LogP contribution is 2.28. The lowest BCUT2D eigenvalue weighted by Crippen LogP contribution is -2.35. The largest absolute Gasteiger partial charge is 0.480 e. The number of hydrogen-bond donors (Lipinski definition) is 2. The topological polar surface area (TPSA) is 49.3 Å². The molecule has 0 bridgehead atoms. The number of carboxylic acids is 1. The van der Waals surface area contributed by atoms with Crippen LogP contribution in [0.1, 0.15) is 31.1 Å². The maximum Gasteiger partial charge on any atom is 0.320 e. The third kappa shape index (κ3) is 4.64. The number of carboxylic acid groups (broad SMARTS) is 1. The number of thiophene rings is 1. The van der Waals surface area contributed by atoms with Gasteiger partial charge in [-0.3, -0.25) is 10.1 Å². The number of carbonyl (C=O) groups is 1. The zero-order valence-corrected chi connectivity index (χ0v) is 13.3. The van der Waals surface area contributed by atoms with Gasteiger partial charge in [-0.05, 0) is 36.2 Å². The van der Waals surface area contributed by atoms with E-state index < -0.39 is 12.0 Å². The van der Waals surface area contributed by atoms with E-state index >= 15 is 0 Å². The first-order valence-corrected chi connectivity index (χ1v) is 8.22. The van der Waals surface area contributed by atoms with Gasteiger partial charge in [-0.25, -0.2) is 4.39 Å². The van der Waals surface area contributed by atoms with E-state index in [0.717, 1.165) is 28.2 Å². The predicted octanol–water partition coefficient (Wildman–Crippen LogP) is 4.29. The SMILES string of the molecule is CCCCC(NCc1ccc(-c2cccc(F)c2)s1)C(=O)O. The van der Waals surface area contributed by atoms with Crippen molar-refractivity contribution in [2.75, 3.05) is 0 Å². The highest BCUT2D eigenvalue weighted by molar-refractivity contribution is 7.15. The van der Waals surface area contributed by atoms with Gasteiger partial charge < -0.3 is 5.11 Å². The lowest BCUT2D eigenvalue weighted by molar-refractivity contribution is -0.139. The third-order valence-corrected chi connectivity index (χ3v) is 4.57. The lowest BCUT2D eigenvalue weighted by Gasteiger charge is -2.13. The fourth-order valence-corrected chi connectivity index (χ4v) is 3.17. The summed E-state index contributed by atoms with van der Waals surface area (Å²) in [5, 5.41) is 12.3. The van der Waals surface area contributed by atoms with Crippen molar-refractivity contribution in [3.63, 3.8) is 0 Å². The van der Waals surface area contributed by atoms with Crippen LogP contribution in [0, 0.1) is 5.82 Å². The normalized spacial score (nSPS) is 12.3. The van der Waals surface area contributed by atoms with Gasteiger partial charge >= 0.3 is 5.97 Å². The Morgan fingerprint density at radius 2 is 2.18 bits per heavy atom. The molecule has 118 valence electrons. The Labute approximate surface area is 133 Å². The first kappa shape index (κ1) is 16.6. The lowest BCUT2D eigenvalue weighted by atomic mass is 10.1. The van der Waals surface area contributed by atoms with Gasteiger partial charge in [0.25, 0.3) is 0 Å². The molecular formula is C17H20FNO2S. The van der Waals surface area contributed by atoms with E-state index in [4.69, 9.17) is 0 Å². The van der Waals surface area contributed by atoms with Crippen molar-refractivity contribution in [3.8, 4) is 10.4 Å². The molecule has 1 aromatic carbocycles. The zero-order chi connectivity index (χ0) is 15.9. The molecule has 2 aromatic rings. The van der Waals surface area contributed by atoms with Crippen LogP contribution >= 0.6 is 11.3 Å². The monoisotopic (exact) mass is 321 g/mol. The second-order valence-corrected chi connectivity index (χ2v) is 6.36. The molecule has 0 spiro atoms. The summed E-state index contributed by atoms with van der Waals surface area (Å²) in [5.74, 6) is -1.06. The minimum Gasteiger partial charge on any atom is -0.480 e. The van der Waals surface area contributed by atoms with Crippen molar-refractivity contribution < 1.29 is 14.3 Å². The molecule has 0 saturated heterocycles. The Morgan fingerprint density at radius 3 is 2.86 bits per heavy atom. The molecule has 1 aromatic heterocycles. The Bertz CT molecular complexity index is 627. The number of halogens is 1. The number of unbranched alkanes of at least 4 members (excludes halogenated alkanes) is 1. The van der Waals surface area contributed by atoms with Crippen LogP contribution in [0.15, 0.2) is 36.4 Å². The molecule has 3 nitrogen and oxygen atoms in total. The van der Waals surface area contributed by atoms with Gasteiger partial charge in [-0.15, -0.1) is 11.3 Å². The fourth-order valence-electron chi connectivity index (χ4n) is 2.21. The Hall–Kier alpha value is -1.72. The smallest absolute Gasteiger partial charge is 0.320 e. The van der Waals surface area contributed by atoms with Crippen LogP contribution in [0.25, 0.3) is 10.4 Å². The second-order valence-electron chi connectivity index (χ2n) is 5.19. The van der Waals surface area contributed by atoms with Crippen molar-refractivity contribution in [2.45, 2.75) is 38.8 Å². The molecule has 1 atom stereocenters. The first-order valence-electron chi connectivity index (χ1n) is 7.41. The number of benzene rings is 1. The van der Waals surface area contributed by atoms with Crippen molar-refractivity contribution in [2.24, 2.45) is 0 Å². The summed E-state index contributed by atoms with van der Waals surface area (Å²) >= 11 is 1.55. The van der Waals surface area contributed by atoms with E-state index in [1.165, 1.54) is 12.1 Å². The molecule has 1 unspecified atom stereocenters. The molecule has 0 amide bonds. The second kappa shape index (κ2) is 8.06. The number of aliphatic carboxylic acids is 1. The minimum absolute atomic E-state index is 0.254. The fraction of sp³-hybridized carbons (Fsp3) is 0.353. The molecule has 0 aliphatic rings. The quantitative estimate of drug-likeness (QED) is 0.762. The summed E-state index contributed by atoms with van der Waals surface area (Å²) in [7, 11) is 0. The van der Waals surface area contributed by atoms with Crippen LogP contribution in [0.4, 0.5) is 4.39 Å². The van der Waals surface area contributed by atoms with E-state index in [0.29, 0.717) is 13.0 Å². The minimum atomic E-state index is -0.810. The van der Waals surface area contributed by atoms with E-state index in [1.54, 1.807) is 17.4 Å². The van der Waals surface area contributed by atoms with Gasteiger partial charge in [0.15, 0.2) is 0 Å². The van der Waals surface area contributed by atoms with Crippen molar-refractivity contribution in [1.82, 2.24) is 5.32 Å². The molecule has 2 rings (SSSR count). The number of nitrogens with one attached hydrogen (secondary N) is 1. The molecule has 0 aliphatic carbocycles. The van der Waals surface area contributed by atoms with Gasteiger partial charge in [0.2, 0.25) is 0 Å². The van der Waals surface area contributed by atoms with Crippen LogP contribution in [0.3, 0.4) is 0 Å². The van der Waals surface area contributed by atoms with E-state index in [2.05, 4.69) is 5.32 Å². The van der Waals surface area contributed by atoms with E-state index in [1.807, 2.05) is 25.1 Å². The van der Waals surface area contributed by atoms with Crippen LogP contribution in [0.5, 0.6) is 0 Å². The van der Waals surface area contributed by atoms with Gasteiger partial charge in [0.05, 0.1) is 0 Å². The molecule has 0 fully saturated rings. The molecule has 0 radical (unpaired) electrons. The molecular weight excluding hydrogens is 301 g/mol. The standard InChI is InChI=1S/C17H20FNO2S/c1-2-3-7-15(17(20)21)19-11-14-8-9-16(22-14)12-5-4-6-13(18)10-12/h4-6,8-10,15,19H,2-3,7,11H2,1H3,(H,20,21). The highest BCUT2D eigenvalue weighted by atomic mass is 32.1. The molecule has 1 heterocycles. The Morgan fingerprint density at radius 1 is 1.36 bits per heavy atom. The predicted molar refractivity (Wildman–Crippen MR) is 87.5 cm³/mol. The molecule has 22 heavy (non-hydrogen) atoms. The van der Waals surface area contributed by atoms with E-state index in [-0.39, 0.29) is 5.82 Å². The van der Waals surface area contributed by atoms with Crippen molar-refractivity contribution >= 4 is 17.3 Å². The summed E-state index contributed by atoms with van der Waals surface area (Å²) in [6.07, 6.45) is 2.51. The summed E-state index contributed by atoms with van der Waals surface area (Å²) in [6.45, 7) is 2.56. The Balaban J connectivity index is 1.98. The van der Waals surface area contributed by atoms with Crippen molar-refractivity contribution in [1.29, 1.82) is 0 Å². The van der Waals surface area contributed by atoms with Gasteiger partial charge in [0, 0.05) is 16.3 Å². The zero-order valence-electron chi connectivity index (χ0n) is 12.5. The van der Waals surface area contributed by atoms with Gasteiger partial charge in [-0.1, -0.05) is 31.9 Å². The first-order chi connectivity index (χ1) is 10.6.